The minimum absolute atomic E-state index is 0.200. The summed E-state index contributed by atoms with van der Waals surface area (Å²) in [5.74, 6) is 0.597. The van der Waals surface area contributed by atoms with Crippen LogP contribution in [-0.4, -0.2) is 39.5 Å². The van der Waals surface area contributed by atoms with Crippen LogP contribution in [0.5, 0.6) is 0 Å². The molecule has 2 aromatic heterocycles. The highest BCUT2D eigenvalue weighted by Crippen LogP contribution is 2.30. The summed E-state index contributed by atoms with van der Waals surface area (Å²) in [7, 11) is 0. The summed E-state index contributed by atoms with van der Waals surface area (Å²) in [4.78, 5) is 6.49. The van der Waals surface area contributed by atoms with Crippen molar-refractivity contribution >= 4 is 16.5 Å². The zero-order valence-electron chi connectivity index (χ0n) is 12.3. The minimum atomic E-state index is -0.335. The molecule has 0 saturated carbocycles. The molecule has 0 unspecified atom stereocenters. The number of aliphatic hydroxyl groups excluding tert-OH is 1. The molecule has 6 heteroatoms. The van der Waals surface area contributed by atoms with Crippen LogP contribution in [0.1, 0.15) is 30.5 Å². The minimum Gasteiger partial charge on any atom is -0.391 e. The van der Waals surface area contributed by atoms with Crippen molar-refractivity contribution in [2.75, 3.05) is 18.0 Å². The quantitative estimate of drug-likeness (QED) is 0.937. The Kier molecular flexibility index (Phi) is 4.17. The third-order valence-electron chi connectivity index (χ3n) is 3.80. The Morgan fingerprint density at radius 2 is 2.19 bits per heavy atom. The number of rotatable bonds is 4. The Morgan fingerprint density at radius 1 is 1.33 bits per heavy atom. The number of nitrogens with zero attached hydrogens (tertiary/aromatic N) is 4. The Labute approximate surface area is 128 Å². The highest BCUT2D eigenvalue weighted by Gasteiger charge is 2.33. The summed E-state index contributed by atoms with van der Waals surface area (Å²) in [5, 5.41) is 20.7. The number of aliphatic hydroxyl groups is 1. The normalized spacial score (nSPS) is 22.2. The Morgan fingerprint density at radius 3 is 2.86 bits per heavy atom. The summed E-state index contributed by atoms with van der Waals surface area (Å²) in [6.07, 6.45) is 2.26. The molecule has 0 aliphatic carbocycles. The zero-order valence-corrected chi connectivity index (χ0v) is 13.1. The van der Waals surface area contributed by atoms with Crippen LogP contribution in [0.15, 0.2) is 24.4 Å². The predicted octanol–water partition coefficient (Wildman–Crippen LogP) is 2.10. The molecule has 0 aromatic carbocycles. The Balaban J connectivity index is 1.67. The van der Waals surface area contributed by atoms with Gasteiger partial charge in [-0.3, -0.25) is 4.98 Å². The largest absolute Gasteiger partial charge is 0.391 e. The molecule has 3 rings (SSSR count). The first-order valence-corrected chi connectivity index (χ1v) is 8.11. The first-order valence-electron chi connectivity index (χ1n) is 7.30. The SMILES string of the molecule is CC(C)c1nnc(N2C[C@@H](Cc3ccccn3)[C@H](O)C2)s1. The van der Waals surface area contributed by atoms with E-state index in [1.165, 1.54) is 0 Å². The molecule has 0 bridgehead atoms. The van der Waals surface area contributed by atoms with E-state index in [9.17, 15) is 5.11 Å². The van der Waals surface area contributed by atoms with Crippen LogP contribution in [-0.2, 0) is 6.42 Å². The van der Waals surface area contributed by atoms with Crippen molar-refractivity contribution in [2.45, 2.75) is 32.3 Å². The van der Waals surface area contributed by atoms with Gasteiger partial charge in [0.15, 0.2) is 0 Å². The lowest BCUT2D eigenvalue weighted by Crippen LogP contribution is -2.20. The lowest BCUT2D eigenvalue weighted by Gasteiger charge is -2.13. The lowest BCUT2D eigenvalue weighted by molar-refractivity contribution is 0.148. The summed E-state index contributed by atoms with van der Waals surface area (Å²) in [5.41, 5.74) is 1.03. The number of aromatic nitrogens is 3. The van der Waals surface area contributed by atoms with Crippen molar-refractivity contribution in [3.05, 3.63) is 35.1 Å². The van der Waals surface area contributed by atoms with Crippen LogP contribution in [0.3, 0.4) is 0 Å². The molecule has 0 spiro atoms. The zero-order chi connectivity index (χ0) is 14.8. The molecule has 1 aliphatic rings. The number of pyridine rings is 1. The monoisotopic (exact) mass is 304 g/mol. The molecule has 0 radical (unpaired) electrons. The van der Waals surface area contributed by atoms with Crippen molar-refractivity contribution in [3.8, 4) is 0 Å². The van der Waals surface area contributed by atoms with Crippen molar-refractivity contribution in [1.29, 1.82) is 0 Å². The second kappa shape index (κ2) is 6.07. The van der Waals surface area contributed by atoms with Gasteiger partial charge in [0.1, 0.15) is 5.01 Å². The van der Waals surface area contributed by atoms with Gasteiger partial charge in [0.05, 0.1) is 6.10 Å². The molecule has 112 valence electrons. The first kappa shape index (κ1) is 14.4. The van der Waals surface area contributed by atoms with E-state index in [-0.39, 0.29) is 12.0 Å². The molecule has 1 saturated heterocycles. The summed E-state index contributed by atoms with van der Waals surface area (Å²) in [6.45, 7) is 5.68. The van der Waals surface area contributed by atoms with Gasteiger partial charge in [0, 0.05) is 36.8 Å². The number of β-amino-alcohol motifs (C(OH)–C–C–N with tert-alkyl or cyclic N) is 1. The van der Waals surface area contributed by atoms with Crippen LogP contribution in [0.2, 0.25) is 0 Å². The van der Waals surface area contributed by atoms with Gasteiger partial charge in [-0.05, 0) is 18.6 Å². The third kappa shape index (κ3) is 3.22. The summed E-state index contributed by atoms with van der Waals surface area (Å²) >= 11 is 1.63. The van der Waals surface area contributed by atoms with Gasteiger partial charge in [0.25, 0.3) is 0 Å². The van der Waals surface area contributed by atoms with E-state index in [2.05, 4.69) is 33.9 Å². The molecule has 1 aliphatic heterocycles. The van der Waals surface area contributed by atoms with Crippen molar-refractivity contribution < 1.29 is 5.11 Å². The van der Waals surface area contributed by atoms with Crippen LogP contribution >= 0.6 is 11.3 Å². The Hall–Kier alpha value is -1.53. The first-order chi connectivity index (χ1) is 10.1. The van der Waals surface area contributed by atoms with E-state index in [0.29, 0.717) is 12.5 Å². The van der Waals surface area contributed by atoms with E-state index in [1.54, 1.807) is 17.5 Å². The maximum Gasteiger partial charge on any atom is 0.208 e. The number of anilines is 1. The van der Waals surface area contributed by atoms with Gasteiger partial charge in [-0.25, -0.2) is 0 Å². The fraction of sp³-hybridized carbons (Fsp3) is 0.533. The molecule has 21 heavy (non-hydrogen) atoms. The molecule has 3 heterocycles. The molecular formula is C15H20N4OS. The second-order valence-corrected chi connectivity index (χ2v) is 6.82. The molecule has 0 amide bonds. The van der Waals surface area contributed by atoms with E-state index in [0.717, 1.165) is 28.8 Å². The fourth-order valence-electron chi connectivity index (χ4n) is 2.59. The van der Waals surface area contributed by atoms with Crippen LogP contribution in [0.4, 0.5) is 5.13 Å². The van der Waals surface area contributed by atoms with Gasteiger partial charge >= 0.3 is 0 Å². The smallest absolute Gasteiger partial charge is 0.208 e. The van der Waals surface area contributed by atoms with E-state index < -0.39 is 0 Å². The van der Waals surface area contributed by atoms with Crippen molar-refractivity contribution in [1.82, 2.24) is 15.2 Å². The highest BCUT2D eigenvalue weighted by atomic mass is 32.1. The average molecular weight is 304 g/mol. The highest BCUT2D eigenvalue weighted by molar-refractivity contribution is 7.15. The predicted molar refractivity (Wildman–Crippen MR) is 83.6 cm³/mol. The van der Waals surface area contributed by atoms with Gasteiger partial charge in [-0.2, -0.15) is 0 Å². The molecule has 1 fully saturated rings. The number of hydrogen-bond donors (Lipinski definition) is 1. The maximum absolute atomic E-state index is 10.3. The summed E-state index contributed by atoms with van der Waals surface area (Å²) in [6, 6.07) is 5.91. The fourth-order valence-corrected chi connectivity index (χ4v) is 3.45. The summed E-state index contributed by atoms with van der Waals surface area (Å²) < 4.78 is 0. The van der Waals surface area contributed by atoms with E-state index in [4.69, 9.17) is 0 Å². The Bertz CT molecular complexity index is 586. The van der Waals surface area contributed by atoms with E-state index >= 15 is 0 Å². The van der Waals surface area contributed by atoms with Crippen LogP contribution in [0, 0.1) is 5.92 Å². The standard InChI is InChI=1S/C15H20N4OS/c1-10(2)14-17-18-15(21-14)19-8-11(13(20)9-19)7-12-5-3-4-6-16-12/h3-6,10-11,13,20H,7-9H2,1-2H3/t11-,13-/m1/s1. The third-order valence-corrected chi connectivity index (χ3v) is 5.08. The molecule has 2 atom stereocenters. The second-order valence-electron chi connectivity index (χ2n) is 5.84. The van der Waals surface area contributed by atoms with Gasteiger partial charge < -0.3 is 10.0 Å². The van der Waals surface area contributed by atoms with E-state index in [1.807, 2.05) is 18.2 Å². The average Bonchev–Trinajstić information content (AvgIpc) is 3.08. The van der Waals surface area contributed by atoms with Crippen molar-refractivity contribution in [3.63, 3.8) is 0 Å². The molecule has 1 N–H and O–H groups in total. The van der Waals surface area contributed by atoms with Crippen molar-refractivity contribution in [2.24, 2.45) is 5.92 Å². The topological polar surface area (TPSA) is 62.1 Å². The number of hydrogen-bond acceptors (Lipinski definition) is 6. The van der Waals surface area contributed by atoms with Gasteiger partial charge in [0.2, 0.25) is 5.13 Å². The van der Waals surface area contributed by atoms with Crippen LogP contribution < -0.4 is 4.90 Å². The van der Waals surface area contributed by atoms with Crippen LogP contribution in [0.25, 0.3) is 0 Å². The molecule has 5 nitrogen and oxygen atoms in total. The van der Waals surface area contributed by atoms with Gasteiger partial charge in [-0.1, -0.05) is 31.3 Å². The molecular weight excluding hydrogens is 284 g/mol. The maximum atomic E-state index is 10.3. The molecule has 2 aromatic rings. The lowest BCUT2D eigenvalue weighted by atomic mass is 10.00. The van der Waals surface area contributed by atoms with Gasteiger partial charge in [-0.15, -0.1) is 10.2 Å².